The van der Waals surface area contributed by atoms with Crippen molar-refractivity contribution in [3.8, 4) is 23.1 Å². The number of methoxy groups -OCH3 is 2. The molecule has 1 heterocycles. The van der Waals surface area contributed by atoms with Crippen molar-refractivity contribution in [2.45, 2.75) is 0 Å². The van der Waals surface area contributed by atoms with Crippen LogP contribution >= 0.6 is 15.9 Å². The average Bonchev–Trinajstić information content (AvgIpc) is 3.12. The largest absolute Gasteiger partial charge is 0.497 e. The molecule has 0 aliphatic carbocycles. The number of hydrogen-bond acceptors (Lipinski definition) is 6. The molecule has 3 aromatic rings. The van der Waals surface area contributed by atoms with Crippen LogP contribution in [0.15, 0.2) is 53.0 Å². The number of rotatable bonds is 7. The Morgan fingerprint density at radius 3 is 2.48 bits per heavy atom. The normalized spacial score (nSPS) is 10.6. The molecule has 2 aromatic carbocycles. The first-order valence-corrected chi connectivity index (χ1v) is 8.95. The fraction of sp³-hybridized carbons (Fsp3) is 0.211. The summed E-state index contributed by atoms with van der Waals surface area (Å²) in [5.74, 6) is 0.770. The van der Waals surface area contributed by atoms with Gasteiger partial charge in [0.15, 0.2) is 5.82 Å². The van der Waals surface area contributed by atoms with E-state index in [0.717, 1.165) is 0 Å². The maximum Gasteiger partial charge on any atom is 0.336 e. The van der Waals surface area contributed by atoms with E-state index in [9.17, 15) is 4.79 Å². The SMILES string of the molecule is COCCOc1nc(-c2ccc(OC)cc2)n(C(=O)c2ccccc2Br)n1. The molecule has 0 radical (unpaired) electrons. The molecule has 0 unspecified atom stereocenters. The lowest BCUT2D eigenvalue weighted by molar-refractivity contribution is 0.0942. The first kappa shape index (κ1) is 19.1. The zero-order valence-electron chi connectivity index (χ0n) is 14.9. The van der Waals surface area contributed by atoms with E-state index in [2.05, 4.69) is 26.0 Å². The van der Waals surface area contributed by atoms with Gasteiger partial charge in [-0.2, -0.15) is 9.67 Å². The number of hydrogen-bond donors (Lipinski definition) is 0. The van der Waals surface area contributed by atoms with Crippen molar-refractivity contribution in [3.63, 3.8) is 0 Å². The van der Waals surface area contributed by atoms with Crippen LogP contribution in [0, 0.1) is 0 Å². The molecule has 1 aromatic heterocycles. The van der Waals surface area contributed by atoms with Crippen molar-refractivity contribution in [1.29, 1.82) is 0 Å². The van der Waals surface area contributed by atoms with E-state index in [1.54, 1.807) is 44.6 Å². The number of ether oxygens (including phenoxy) is 3. The third kappa shape index (κ3) is 4.35. The lowest BCUT2D eigenvalue weighted by atomic mass is 10.2. The fourth-order valence-electron chi connectivity index (χ4n) is 2.39. The molecule has 0 saturated carbocycles. The highest BCUT2D eigenvalue weighted by atomic mass is 79.9. The van der Waals surface area contributed by atoms with Crippen molar-refractivity contribution in [3.05, 3.63) is 58.6 Å². The number of carbonyl (C=O) groups excluding carboxylic acids is 1. The first-order valence-electron chi connectivity index (χ1n) is 8.16. The van der Waals surface area contributed by atoms with Crippen LogP contribution in [0.25, 0.3) is 11.4 Å². The second-order valence-corrected chi connectivity index (χ2v) is 6.34. The van der Waals surface area contributed by atoms with E-state index in [1.165, 1.54) is 4.68 Å². The molecular formula is C19H18BrN3O4. The Hall–Kier alpha value is -2.71. The van der Waals surface area contributed by atoms with Gasteiger partial charge in [0.25, 0.3) is 5.91 Å². The third-order valence-electron chi connectivity index (χ3n) is 3.75. The third-order valence-corrected chi connectivity index (χ3v) is 4.44. The molecular weight excluding hydrogens is 414 g/mol. The van der Waals surface area contributed by atoms with Crippen LogP contribution in [0.1, 0.15) is 10.4 Å². The van der Waals surface area contributed by atoms with E-state index >= 15 is 0 Å². The lowest BCUT2D eigenvalue weighted by Gasteiger charge is -2.07. The Balaban J connectivity index is 2.01. The fourth-order valence-corrected chi connectivity index (χ4v) is 2.84. The second kappa shape index (κ2) is 8.79. The minimum absolute atomic E-state index is 0.110. The lowest BCUT2D eigenvalue weighted by Crippen LogP contribution is -2.16. The van der Waals surface area contributed by atoms with Crippen LogP contribution in [0.4, 0.5) is 0 Å². The van der Waals surface area contributed by atoms with Crippen molar-refractivity contribution < 1.29 is 19.0 Å². The Labute approximate surface area is 165 Å². The van der Waals surface area contributed by atoms with Gasteiger partial charge in [0.2, 0.25) is 0 Å². The van der Waals surface area contributed by atoms with Gasteiger partial charge >= 0.3 is 6.01 Å². The van der Waals surface area contributed by atoms with Crippen molar-refractivity contribution in [2.24, 2.45) is 0 Å². The molecule has 140 valence electrons. The van der Waals surface area contributed by atoms with Gasteiger partial charge in [0.1, 0.15) is 12.4 Å². The predicted molar refractivity (Wildman–Crippen MR) is 103 cm³/mol. The zero-order valence-corrected chi connectivity index (χ0v) is 16.5. The van der Waals surface area contributed by atoms with Gasteiger partial charge in [-0.05, 0) is 52.3 Å². The molecule has 0 aliphatic rings. The van der Waals surface area contributed by atoms with Crippen LogP contribution in [-0.2, 0) is 4.74 Å². The van der Waals surface area contributed by atoms with Gasteiger partial charge in [0, 0.05) is 17.1 Å². The van der Waals surface area contributed by atoms with Crippen molar-refractivity contribution in [2.75, 3.05) is 27.4 Å². The summed E-state index contributed by atoms with van der Waals surface area (Å²) in [7, 11) is 3.17. The molecule has 27 heavy (non-hydrogen) atoms. The summed E-state index contributed by atoms with van der Waals surface area (Å²) in [5, 5.41) is 4.24. The summed E-state index contributed by atoms with van der Waals surface area (Å²) in [5.41, 5.74) is 1.19. The van der Waals surface area contributed by atoms with Crippen LogP contribution in [-0.4, -0.2) is 48.1 Å². The van der Waals surface area contributed by atoms with Crippen LogP contribution in [0.5, 0.6) is 11.8 Å². The molecule has 0 amide bonds. The average molecular weight is 432 g/mol. The molecule has 0 atom stereocenters. The minimum Gasteiger partial charge on any atom is -0.497 e. The number of nitrogens with zero attached hydrogens (tertiary/aromatic N) is 3. The highest BCUT2D eigenvalue weighted by molar-refractivity contribution is 9.10. The Kier molecular flexibility index (Phi) is 6.20. The maximum absolute atomic E-state index is 13.1. The van der Waals surface area contributed by atoms with E-state index in [-0.39, 0.29) is 18.5 Å². The quantitative estimate of drug-likeness (QED) is 0.533. The topological polar surface area (TPSA) is 75.5 Å². The highest BCUT2D eigenvalue weighted by Crippen LogP contribution is 2.25. The van der Waals surface area contributed by atoms with E-state index in [0.29, 0.717) is 33.8 Å². The highest BCUT2D eigenvalue weighted by Gasteiger charge is 2.21. The van der Waals surface area contributed by atoms with Crippen molar-refractivity contribution >= 4 is 21.8 Å². The molecule has 0 fully saturated rings. The summed E-state index contributed by atoms with van der Waals surface area (Å²) in [4.78, 5) is 17.4. The summed E-state index contributed by atoms with van der Waals surface area (Å²) in [6.45, 7) is 0.677. The van der Waals surface area contributed by atoms with Gasteiger partial charge in [-0.15, -0.1) is 5.10 Å². The Morgan fingerprint density at radius 1 is 1.07 bits per heavy atom. The van der Waals surface area contributed by atoms with Gasteiger partial charge in [0.05, 0.1) is 19.3 Å². The molecule has 0 spiro atoms. The smallest absolute Gasteiger partial charge is 0.336 e. The van der Waals surface area contributed by atoms with Gasteiger partial charge in [-0.3, -0.25) is 4.79 Å². The van der Waals surface area contributed by atoms with E-state index in [4.69, 9.17) is 14.2 Å². The molecule has 0 N–H and O–H groups in total. The monoisotopic (exact) mass is 431 g/mol. The summed E-state index contributed by atoms with van der Waals surface area (Å²) >= 11 is 3.41. The molecule has 0 aliphatic heterocycles. The summed E-state index contributed by atoms with van der Waals surface area (Å²) < 4.78 is 17.6. The molecule has 7 nitrogen and oxygen atoms in total. The van der Waals surface area contributed by atoms with E-state index < -0.39 is 0 Å². The Morgan fingerprint density at radius 2 is 1.81 bits per heavy atom. The zero-order chi connectivity index (χ0) is 19.2. The number of halogens is 1. The van der Waals surface area contributed by atoms with E-state index in [1.807, 2.05) is 18.2 Å². The van der Waals surface area contributed by atoms with Gasteiger partial charge in [-0.1, -0.05) is 12.1 Å². The van der Waals surface area contributed by atoms with Crippen molar-refractivity contribution in [1.82, 2.24) is 14.8 Å². The standard InChI is InChI=1S/C19H18BrN3O4/c1-25-11-12-27-19-21-17(13-7-9-14(26-2)10-8-13)23(22-19)18(24)15-5-3-4-6-16(15)20/h3-10H,11-12H2,1-2H3. The maximum atomic E-state index is 13.1. The number of carbonyl (C=O) groups is 1. The van der Waals surface area contributed by atoms with Crippen LogP contribution in [0.2, 0.25) is 0 Å². The van der Waals surface area contributed by atoms with Gasteiger partial charge < -0.3 is 14.2 Å². The van der Waals surface area contributed by atoms with Crippen LogP contribution in [0.3, 0.4) is 0 Å². The minimum atomic E-state index is -0.317. The summed E-state index contributed by atoms with van der Waals surface area (Å²) in [6.07, 6.45) is 0. The van der Waals surface area contributed by atoms with Crippen LogP contribution < -0.4 is 9.47 Å². The molecule has 8 heteroatoms. The summed E-state index contributed by atoms with van der Waals surface area (Å²) in [6, 6.07) is 14.5. The Bertz CT molecular complexity index is 925. The first-order chi connectivity index (χ1) is 13.1. The molecule has 0 bridgehead atoms. The molecule has 3 rings (SSSR count). The number of benzene rings is 2. The molecule has 0 saturated heterocycles. The number of aromatic nitrogens is 3. The second-order valence-electron chi connectivity index (χ2n) is 5.48. The van der Waals surface area contributed by atoms with Gasteiger partial charge in [-0.25, -0.2) is 0 Å². The predicted octanol–water partition coefficient (Wildman–Crippen LogP) is 3.43.